The van der Waals surface area contributed by atoms with Gasteiger partial charge in [-0.1, -0.05) is 0 Å². The van der Waals surface area contributed by atoms with Crippen molar-refractivity contribution in [3.05, 3.63) is 18.0 Å². The lowest BCUT2D eigenvalue weighted by Crippen LogP contribution is -2.59. The van der Waals surface area contributed by atoms with Crippen LogP contribution < -0.4 is 5.73 Å². The number of nitrogen functional groups attached to an aromatic ring is 1. The van der Waals surface area contributed by atoms with Crippen LogP contribution >= 0.6 is 0 Å². The lowest BCUT2D eigenvalue weighted by molar-refractivity contribution is 0.0303. The molecule has 112 valence electrons. The number of nitrogens with zero attached hydrogens (tertiary/aromatic N) is 3. The van der Waals surface area contributed by atoms with Crippen LogP contribution in [0.2, 0.25) is 0 Å². The van der Waals surface area contributed by atoms with E-state index in [1.165, 1.54) is 0 Å². The monoisotopic (exact) mass is 278 g/mol. The second kappa shape index (κ2) is 5.13. The van der Waals surface area contributed by atoms with Gasteiger partial charge in [-0.25, -0.2) is 0 Å². The Kier molecular flexibility index (Phi) is 3.82. The number of nitrogens with two attached hydrogens (primary N) is 1. The van der Waals surface area contributed by atoms with Crippen LogP contribution in [0.5, 0.6) is 0 Å². The van der Waals surface area contributed by atoms with Gasteiger partial charge in [-0.3, -0.25) is 9.69 Å². The molecule has 1 aliphatic rings. The average molecular weight is 278 g/mol. The Labute approximate surface area is 121 Å². The van der Waals surface area contributed by atoms with E-state index in [4.69, 9.17) is 5.73 Å². The summed E-state index contributed by atoms with van der Waals surface area (Å²) in [5.41, 5.74) is 7.21. The number of hydrogen-bond donors (Lipinski definition) is 1. The normalized spacial score (nSPS) is 19.6. The lowest BCUT2D eigenvalue weighted by Gasteiger charge is -2.45. The third-order valence-electron chi connectivity index (χ3n) is 4.25. The number of carbonyl (C=O) groups is 1. The van der Waals surface area contributed by atoms with Crippen molar-refractivity contribution in [3.8, 4) is 0 Å². The van der Waals surface area contributed by atoms with Crippen LogP contribution in [0.15, 0.2) is 12.3 Å². The molecule has 1 aliphatic heterocycles. The van der Waals surface area contributed by atoms with Crippen molar-refractivity contribution in [2.75, 3.05) is 32.4 Å². The molecule has 20 heavy (non-hydrogen) atoms. The summed E-state index contributed by atoms with van der Waals surface area (Å²) in [6.07, 6.45) is 1.85. The summed E-state index contributed by atoms with van der Waals surface area (Å²) in [6, 6.07) is 2.01. The zero-order valence-corrected chi connectivity index (χ0v) is 13.2. The summed E-state index contributed by atoms with van der Waals surface area (Å²) in [7, 11) is 2.11. The molecule has 0 saturated carbocycles. The standard InChI is InChI=1S/C15H26N4O/c1-11(2)19-9-12(16)8-13(19)14(20)18-7-6-17(5)15(3,4)10-18/h8-9,11H,6-7,10,16H2,1-5H3. The molecule has 1 saturated heterocycles. The lowest BCUT2D eigenvalue weighted by atomic mass is 9.99. The minimum atomic E-state index is 0.00864. The maximum Gasteiger partial charge on any atom is 0.270 e. The predicted molar refractivity (Wildman–Crippen MR) is 81.8 cm³/mol. The van der Waals surface area contributed by atoms with E-state index >= 15 is 0 Å². The van der Waals surface area contributed by atoms with Crippen LogP contribution in [0.3, 0.4) is 0 Å². The quantitative estimate of drug-likeness (QED) is 0.898. The molecule has 1 amide bonds. The van der Waals surface area contributed by atoms with Gasteiger partial charge in [-0.15, -0.1) is 0 Å². The molecule has 0 spiro atoms. The van der Waals surface area contributed by atoms with Crippen LogP contribution in [0.25, 0.3) is 0 Å². The highest BCUT2D eigenvalue weighted by atomic mass is 16.2. The Bertz CT molecular complexity index is 504. The molecule has 0 aromatic carbocycles. The summed E-state index contributed by atoms with van der Waals surface area (Å²) >= 11 is 0. The highest BCUT2D eigenvalue weighted by Gasteiger charge is 2.34. The van der Waals surface area contributed by atoms with Gasteiger partial charge in [0.15, 0.2) is 0 Å². The SMILES string of the molecule is CC(C)n1cc(N)cc1C(=O)N1CCN(C)C(C)(C)C1. The first-order chi connectivity index (χ1) is 9.22. The molecule has 0 radical (unpaired) electrons. The van der Waals surface area contributed by atoms with Gasteiger partial charge in [-0.2, -0.15) is 0 Å². The van der Waals surface area contributed by atoms with E-state index < -0.39 is 0 Å². The van der Waals surface area contributed by atoms with Crippen molar-refractivity contribution in [1.29, 1.82) is 0 Å². The molecule has 5 heteroatoms. The number of aromatic nitrogens is 1. The van der Waals surface area contributed by atoms with Crippen LogP contribution in [0.1, 0.15) is 44.2 Å². The highest BCUT2D eigenvalue weighted by molar-refractivity contribution is 5.94. The van der Waals surface area contributed by atoms with E-state index in [-0.39, 0.29) is 17.5 Å². The zero-order valence-electron chi connectivity index (χ0n) is 13.2. The Morgan fingerprint density at radius 3 is 2.55 bits per heavy atom. The van der Waals surface area contributed by atoms with Gasteiger partial charge in [0.25, 0.3) is 5.91 Å². The maximum absolute atomic E-state index is 12.8. The molecule has 5 nitrogen and oxygen atoms in total. The van der Waals surface area contributed by atoms with Gasteiger partial charge in [0.2, 0.25) is 0 Å². The number of amides is 1. The number of carbonyl (C=O) groups excluding carboxylic acids is 1. The van der Waals surface area contributed by atoms with Gasteiger partial charge in [-0.05, 0) is 40.8 Å². The van der Waals surface area contributed by atoms with Crippen molar-refractivity contribution < 1.29 is 4.79 Å². The van der Waals surface area contributed by atoms with Gasteiger partial charge in [0.05, 0.1) is 5.69 Å². The van der Waals surface area contributed by atoms with Crippen LogP contribution in [-0.4, -0.2) is 52.5 Å². The van der Waals surface area contributed by atoms with Crippen LogP contribution in [0, 0.1) is 0 Å². The zero-order chi connectivity index (χ0) is 15.1. The summed E-state index contributed by atoms with van der Waals surface area (Å²) < 4.78 is 1.96. The maximum atomic E-state index is 12.8. The molecule has 0 atom stereocenters. The van der Waals surface area contributed by atoms with E-state index in [1.54, 1.807) is 6.07 Å². The first kappa shape index (κ1) is 14.9. The second-order valence-corrected chi connectivity index (χ2v) is 6.62. The number of anilines is 1. The number of piperazine rings is 1. The fraction of sp³-hybridized carbons (Fsp3) is 0.667. The molecule has 0 aliphatic carbocycles. The first-order valence-electron chi connectivity index (χ1n) is 7.20. The summed E-state index contributed by atoms with van der Waals surface area (Å²) in [5.74, 6) is 0.0802. The van der Waals surface area contributed by atoms with E-state index in [0.717, 1.165) is 19.6 Å². The Morgan fingerprint density at radius 1 is 1.35 bits per heavy atom. The van der Waals surface area contributed by atoms with Crippen LogP contribution in [0.4, 0.5) is 5.69 Å². The number of rotatable bonds is 2. The third-order valence-corrected chi connectivity index (χ3v) is 4.25. The molecule has 2 heterocycles. The fourth-order valence-corrected chi connectivity index (χ4v) is 2.67. The predicted octanol–water partition coefficient (Wildman–Crippen LogP) is 1.82. The van der Waals surface area contributed by atoms with Crippen molar-refractivity contribution in [3.63, 3.8) is 0 Å². The third kappa shape index (κ3) is 2.68. The number of likely N-dealkylation sites (N-methyl/N-ethyl adjacent to an activating group) is 1. The minimum absolute atomic E-state index is 0.00864. The fourth-order valence-electron chi connectivity index (χ4n) is 2.67. The van der Waals surface area contributed by atoms with Crippen molar-refractivity contribution in [1.82, 2.24) is 14.4 Å². The van der Waals surface area contributed by atoms with Crippen molar-refractivity contribution in [2.24, 2.45) is 0 Å². The van der Waals surface area contributed by atoms with Crippen molar-refractivity contribution >= 4 is 11.6 Å². The minimum Gasteiger partial charge on any atom is -0.397 e. The Hall–Kier alpha value is -1.49. The molecule has 2 rings (SSSR count). The largest absolute Gasteiger partial charge is 0.397 e. The molecular formula is C15H26N4O. The first-order valence-corrected chi connectivity index (χ1v) is 7.20. The van der Waals surface area contributed by atoms with Crippen LogP contribution in [-0.2, 0) is 0 Å². The Morgan fingerprint density at radius 2 is 2.00 bits per heavy atom. The molecular weight excluding hydrogens is 252 g/mol. The molecule has 2 N–H and O–H groups in total. The van der Waals surface area contributed by atoms with E-state index in [1.807, 2.05) is 15.7 Å². The van der Waals surface area contributed by atoms with E-state index in [0.29, 0.717) is 11.4 Å². The summed E-state index contributed by atoms with van der Waals surface area (Å²) in [4.78, 5) is 17.0. The summed E-state index contributed by atoms with van der Waals surface area (Å²) in [5, 5.41) is 0. The smallest absolute Gasteiger partial charge is 0.270 e. The van der Waals surface area contributed by atoms with E-state index in [9.17, 15) is 4.79 Å². The topological polar surface area (TPSA) is 54.5 Å². The number of hydrogen-bond acceptors (Lipinski definition) is 3. The van der Waals surface area contributed by atoms with Gasteiger partial charge < -0.3 is 15.2 Å². The van der Waals surface area contributed by atoms with Gasteiger partial charge in [0.1, 0.15) is 5.69 Å². The average Bonchev–Trinajstić information content (AvgIpc) is 2.74. The van der Waals surface area contributed by atoms with Gasteiger partial charge >= 0.3 is 0 Å². The molecule has 1 aromatic rings. The highest BCUT2D eigenvalue weighted by Crippen LogP contribution is 2.23. The Balaban J connectivity index is 2.24. The van der Waals surface area contributed by atoms with E-state index in [2.05, 4.69) is 39.6 Å². The summed E-state index contributed by atoms with van der Waals surface area (Å²) in [6.45, 7) is 10.9. The van der Waals surface area contributed by atoms with Gasteiger partial charge in [0, 0.05) is 37.4 Å². The van der Waals surface area contributed by atoms with Crippen molar-refractivity contribution in [2.45, 2.75) is 39.3 Å². The second-order valence-electron chi connectivity index (χ2n) is 6.62. The molecule has 1 aromatic heterocycles. The molecule has 0 bridgehead atoms. The molecule has 0 unspecified atom stereocenters. The molecule has 1 fully saturated rings.